The SMILES string of the molecule is CS(=O)(=O)c1nc(C(=O)N2CCCc3c(NC(=O)c4ccc(F)cc4)cccc32)c2ccccn12. The van der Waals surface area contributed by atoms with Gasteiger partial charge in [-0.05, 0) is 66.9 Å². The summed E-state index contributed by atoms with van der Waals surface area (Å²) < 4.78 is 39.2. The van der Waals surface area contributed by atoms with E-state index in [4.69, 9.17) is 0 Å². The number of fused-ring (bicyclic) bond motifs is 2. The largest absolute Gasteiger partial charge is 0.322 e. The second-order valence-electron chi connectivity index (χ2n) is 8.30. The van der Waals surface area contributed by atoms with Gasteiger partial charge in [0.2, 0.25) is 15.0 Å². The van der Waals surface area contributed by atoms with Crippen LogP contribution in [0.2, 0.25) is 0 Å². The number of carbonyl (C=O) groups is 2. The van der Waals surface area contributed by atoms with Crippen LogP contribution in [-0.2, 0) is 16.3 Å². The van der Waals surface area contributed by atoms with Gasteiger partial charge in [0.15, 0.2) is 5.69 Å². The predicted octanol–water partition coefficient (Wildman–Crippen LogP) is 3.72. The standard InChI is InChI=1S/C25H21FN4O4S/c1-35(33,34)25-28-22(21-8-2-3-14-30(21)25)24(32)29-15-5-6-18-19(7-4-9-20(18)29)27-23(31)16-10-12-17(26)13-11-16/h2-4,7-14H,5-6,15H2,1H3,(H,27,31). The first kappa shape index (κ1) is 22.7. The van der Waals surface area contributed by atoms with Crippen LogP contribution in [0.5, 0.6) is 0 Å². The number of amides is 2. The zero-order valence-electron chi connectivity index (χ0n) is 18.7. The summed E-state index contributed by atoms with van der Waals surface area (Å²) in [5.74, 6) is -1.25. The Labute approximate surface area is 200 Å². The van der Waals surface area contributed by atoms with Crippen molar-refractivity contribution in [3.8, 4) is 0 Å². The number of hydrogen-bond acceptors (Lipinski definition) is 5. The Balaban J connectivity index is 1.52. The van der Waals surface area contributed by atoms with Gasteiger partial charge in [-0.2, -0.15) is 0 Å². The molecule has 10 heteroatoms. The summed E-state index contributed by atoms with van der Waals surface area (Å²) in [6.07, 6.45) is 3.89. The van der Waals surface area contributed by atoms with E-state index >= 15 is 0 Å². The van der Waals surface area contributed by atoms with Gasteiger partial charge in [0, 0.05) is 35.9 Å². The molecule has 4 aromatic rings. The van der Waals surface area contributed by atoms with Gasteiger partial charge in [-0.1, -0.05) is 12.1 Å². The number of sulfone groups is 1. The van der Waals surface area contributed by atoms with E-state index in [1.165, 1.54) is 28.7 Å². The Morgan fingerprint density at radius 3 is 2.54 bits per heavy atom. The average molecular weight is 493 g/mol. The quantitative estimate of drug-likeness (QED) is 0.468. The summed E-state index contributed by atoms with van der Waals surface area (Å²) in [4.78, 5) is 32.1. The van der Waals surface area contributed by atoms with Gasteiger partial charge >= 0.3 is 0 Å². The van der Waals surface area contributed by atoms with E-state index in [0.29, 0.717) is 41.8 Å². The topological polar surface area (TPSA) is 101 Å². The van der Waals surface area contributed by atoms with Gasteiger partial charge in [0.1, 0.15) is 5.82 Å². The van der Waals surface area contributed by atoms with Crippen LogP contribution in [0.4, 0.5) is 15.8 Å². The number of anilines is 2. The molecule has 178 valence electrons. The molecule has 35 heavy (non-hydrogen) atoms. The lowest BCUT2D eigenvalue weighted by atomic mass is 9.99. The molecule has 0 aliphatic carbocycles. The van der Waals surface area contributed by atoms with E-state index in [-0.39, 0.29) is 16.8 Å². The molecule has 0 bridgehead atoms. The summed E-state index contributed by atoms with van der Waals surface area (Å²) in [6.45, 7) is 0.418. The fourth-order valence-electron chi connectivity index (χ4n) is 4.30. The number of carbonyl (C=O) groups excluding carboxylic acids is 2. The maximum absolute atomic E-state index is 13.6. The number of halogens is 1. The third-order valence-corrected chi connectivity index (χ3v) is 6.85. The molecule has 2 aromatic carbocycles. The lowest BCUT2D eigenvalue weighted by Crippen LogP contribution is -2.36. The number of nitrogens with one attached hydrogen (secondary N) is 1. The minimum atomic E-state index is -3.67. The molecule has 0 radical (unpaired) electrons. The Morgan fingerprint density at radius 1 is 1.03 bits per heavy atom. The van der Waals surface area contributed by atoms with Crippen LogP contribution in [0.15, 0.2) is 72.0 Å². The van der Waals surface area contributed by atoms with Crippen molar-refractivity contribution in [2.24, 2.45) is 0 Å². The molecule has 0 saturated carbocycles. The third-order valence-electron chi connectivity index (χ3n) is 5.90. The maximum atomic E-state index is 13.6. The number of hydrogen-bond donors (Lipinski definition) is 1. The maximum Gasteiger partial charge on any atom is 0.279 e. The normalized spacial score (nSPS) is 13.5. The van der Waals surface area contributed by atoms with Crippen LogP contribution in [0.1, 0.15) is 32.8 Å². The molecule has 1 aliphatic rings. The molecule has 2 aromatic heterocycles. The second kappa shape index (κ2) is 8.62. The van der Waals surface area contributed by atoms with Gasteiger partial charge in [-0.15, -0.1) is 0 Å². The van der Waals surface area contributed by atoms with Crippen LogP contribution in [-0.4, -0.2) is 42.4 Å². The van der Waals surface area contributed by atoms with Crippen molar-refractivity contribution in [1.82, 2.24) is 9.38 Å². The van der Waals surface area contributed by atoms with Crippen LogP contribution < -0.4 is 10.2 Å². The van der Waals surface area contributed by atoms with Crippen molar-refractivity contribution in [2.45, 2.75) is 18.0 Å². The smallest absolute Gasteiger partial charge is 0.279 e. The first-order valence-electron chi connectivity index (χ1n) is 10.9. The molecule has 8 nitrogen and oxygen atoms in total. The van der Waals surface area contributed by atoms with E-state index in [1.54, 1.807) is 47.5 Å². The van der Waals surface area contributed by atoms with Crippen molar-refractivity contribution in [3.63, 3.8) is 0 Å². The summed E-state index contributed by atoms with van der Waals surface area (Å²) in [5, 5.41) is 2.66. The third kappa shape index (κ3) is 4.17. The Morgan fingerprint density at radius 2 is 1.80 bits per heavy atom. The highest BCUT2D eigenvalue weighted by molar-refractivity contribution is 7.90. The summed E-state index contributed by atoms with van der Waals surface area (Å²) in [5.41, 5.74) is 2.71. The van der Waals surface area contributed by atoms with Crippen LogP contribution in [0, 0.1) is 5.82 Å². The Hall–Kier alpha value is -4.05. The summed E-state index contributed by atoms with van der Waals surface area (Å²) in [7, 11) is -3.67. The van der Waals surface area contributed by atoms with Crippen molar-refractivity contribution >= 4 is 38.5 Å². The zero-order valence-corrected chi connectivity index (χ0v) is 19.5. The van der Waals surface area contributed by atoms with Crippen LogP contribution in [0.3, 0.4) is 0 Å². The number of nitrogens with zero attached hydrogens (tertiary/aromatic N) is 3. The van der Waals surface area contributed by atoms with E-state index in [1.807, 2.05) is 0 Å². The molecule has 0 unspecified atom stereocenters. The summed E-state index contributed by atoms with van der Waals surface area (Å²) in [6, 6.07) is 15.6. The van der Waals surface area contributed by atoms with Crippen molar-refractivity contribution in [1.29, 1.82) is 0 Å². The number of benzene rings is 2. The first-order chi connectivity index (χ1) is 16.7. The molecular formula is C25H21FN4O4S. The highest BCUT2D eigenvalue weighted by Crippen LogP contribution is 2.34. The van der Waals surface area contributed by atoms with Crippen molar-refractivity contribution in [3.05, 3.63) is 89.5 Å². The van der Waals surface area contributed by atoms with Gasteiger partial charge < -0.3 is 10.2 Å². The average Bonchev–Trinajstić information content (AvgIpc) is 3.24. The highest BCUT2D eigenvalue weighted by Gasteiger charge is 2.30. The second-order valence-corrected chi connectivity index (χ2v) is 10.2. The van der Waals surface area contributed by atoms with Crippen molar-refractivity contribution in [2.75, 3.05) is 23.0 Å². The molecule has 1 aliphatic heterocycles. The molecule has 0 saturated heterocycles. The van der Waals surface area contributed by atoms with Gasteiger partial charge in [-0.25, -0.2) is 17.8 Å². The molecule has 5 rings (SSSR count). The van der Waals surface area contributed by atoms with Gasteiger partial charge in [-0.3, -0.25) is 14.0 Å². The molecule has 0 atom stereocenters. The van der Waals surface area contributed by atoms with Crippen LogP contribution >= 0.6 is 0 Å². The highest BCUT2D eigenvalue weighted by atomic mass is 32.2. The first-order valence-corrected chi connectivity index (χ1v) is 12.8. The van der Waals surface area contributed by atoms with E-state index in [0.717, 1.165) is 11.8 Å². The number of rotatable bonds is 4. The fraction of sp³-hybridized carbons (Fsp3) is 0.160. The fourth-order valence-corrected chi connectivity index (χ4v) is 5.08. The van der Waals surface area contributed by atoms with Crippen molar-refractivity contribution < 1.29 is 22.4 Å². The van der Waals surface area contributed by atoms with E-state index < -0.39 is 21.6 Å². The van der Waals surface area contributed by atoms with E-state index in [9.17, 15) is 22.4 Å². The molecule has 2 amide bonds. The number of imidazole rings is 1. The molecule has 0 spiro atoms. The monoisotopic (exact) mass is 492 g/mol. The zero-order chi connectivity index (χ0) is 24.7. The number of pyridine rings is 1. The molecule has 1 N–H and O–H groups in total. The van der Waals surface area contributed by atoms with E-state index in [2.05, 4.69) is 10.3 Å². The minimum Gasteiger partial charge on any atom is -0.322 e. The molecule has 3 heterocycles. The van der Waals surface area contributed by atoms with Gasteiger partial charge in [0.25, 0.3) is 11.8 Å². The Kier molecular flexibility index (Phi) is 5.60. The van der Waals surface area contributed by atoms with Crippen LogP contribution in [0.25, 0.3) is 5.52 Å². The minimum absolute atomic E-state index is 0.0413. The molecular weight excluding hydrogens is 471 g/mol. The lowest BCUT2D eigenvalue weighted by Gasteiger charge is -2.30. The molecule has 0 fully saturated rings. The Bertz CT molecular complexity index is 1580. The summed E-state index contributed by atoms with van der Waals surface area (Å²) >= 11 is 0. The predicted molar refractivity (Wildman–Crippen MR) is 129 cm³/mol. The van der Waals surface area contributed by atoms with Gasteiger partial charge in [0.05, 0.1) is 5.52 Å². The lowest BCUT2D eigenvalue weighted by molar-refractivity contribution is 0.0981. The number of aromatic nitrogens is 2.